The first-order valence-electron chi connectivity index (χ1n) is 12.0. The van der Waals surface area contributed by atoms with Gasteiger partial charge < -0.3 is 29.6 Å². The second-order valence-electron chi connectivity index (χ2n) is 9.39. The average Bonchev–Trinajstić information content (AvgIpc) is 3.56. The smallest absolute Gasteiger partial charge is 0.253 e. The molecule has 0 aromatic carbocycles. The van der Waals surface area contributed by atoms with Gasteiger partial charge in [0.05, 0.1) is 42.7 Å². The van der Waals surface area contributed by atoms with Crippen molar-refractivity contribution in [2.45, 2.75) is 31.4 Å². The molecule has 2 saturated heterocycles. The molecule has 0 bridgehead atoms. The molecule has 0 aliphatic carbocycles. The van der Waals surface area contributed by atoms with E-state index in [1.165, 1.54) is 11.3 Å². The van der Waals surface area contributed by atoms with Crippen LogP contribution in [0.3, 0.4) is 0 Å². The largest absolute Gasteiger partial charge is 0.380 e. The number of piperidine rings is 1. The molecule has 5 rings (SSSR count). The highest BCUT2D eigenvalue weighted by molar-refractivity contribution is 7.14. The van der Waals surface area contributed by atoms with Crippen LogP contribution in [0.25, 0.3) is 11.4 Å². The maximum Gasteiger partial charge on any atom is 0.253 e. The summed E-state index contributed by atoms with van der Waals surface area (Å²) in [6, 6.07) is 7.61. The van der Waals surface area contributed by atoms with E-state index in [-0.39, 0.29) is 30.0 Å². The van der Waals surface area contributed by atoms with Crippen molar-refractivity contribution < 1.29 is 19.1 Å². The quantitative estimate of drug-likeness (QED) is 0.479. The number of nitrogens with one attached hydrogen (secondary N) is 2. The Morgan fingerprint density at radius 3 is 2.89 bits per heavy atom. The summed E-state index contributed by atoms with van der Waals surface area (Å²) in [6.07, 6.45) is 5.98. The van der Waals surface area contributed by atoms with Crippen LogP contribution < -0.4 is 15.5 Å². The molecule has 1 atom stereocenters. The Bertz CT molecular complexity index is 1240. The van der Waals surface area contributed by atoms with Crippen LogP contribution in [0.4, 0.5) is 10.9 Å². The summed E-state index contributed by atoms with van der Waals surface area (Å²) in [4.78, 5) is 36.4. The van der Waals surface area contributed by atoms with E-state index in [0.29, 0.717) is 29.6 Å². The number of amides is 2. The maximum absolute atomic E-state index is 12.5. The van der Waals surface area contributed by atoms with Gasteiger partial charge in [0.2, 0.25) is 5.91 Å². The van der Waals surface area contributed by atoms with E-state index >= 15 is 0 Å². The molecule has 2 fully saturated rings. The zero-order chi connectivity index (χ0) is 25.1. The number of methoxy groups -OCH3 is 1. The summed E-state index contributed by atoms with van der Waals surface area (Å²) in [5, 5.41) is 7.74. The standard InChI is InChI=1S/C25H30N6O4S/c1-25(15-35-16-25)31-10-8-17(12-31)23(33)26-11-22(32)29-24-28-20(14-36-24)19-6-3-7-21(27-19)30-9-4-5-18(13-30)34-2/h3,6-8,10,12,14,18H,4-5,9,11,13,15-16H2,1-2H3,(H,26,33)(H,28,29,32)/t18-/m0/s1. The molecule has 0 unspecified atom stereocenters. The minimum Gasteiger partial charge on any atom is -0.380 e. The minimum absolute atomic E-state index is 0.118. The van der Waals surface area contributed by atoms with Gasteiger partial charge in [-0.25, -0.2) is 9.97 Å². The topological polar surface area (TPSA) is 111 Å². The Kier molecular flexibility index (Phi) is 7.04. The zero-order valence-electron chi connectivity index (χ0n) is 20.4. The van der Waals surface area contributed by atoms with Crippen molar-refractivity contribution in [2.24, 2.45) is 0 Å². The number of ether oxygens (including phenoxy) is 2. The summed E-state index contributed by atoms with van der Waals surface area (Å²) >= 11 is 1.32. The normalized spacial score (nSPS) is 18.9. The molecule has 10 nitrogen and oxygen atoms in total. The number of rotatable bonds is 8. The molecule has 11 heteroatoms. The van der Waals surface area contributed by atoms with Crippen molar-refractivity contribution in [1.82, 2.24) is 19.9 Å². The van der Waals surface area contributed by atoms with E-state index in [9.17, 15) is 9.59 Å². The van der Waals surface area contributed by atoms with E-state index < -0.39 is 0 Å². The molecule has 3 aromatic rings. The Morgan fingerprint density at radius 2 is 2.11 bits per heavy atom. The molecular formula is C25H30N6O4S. The summed E-state index contributed by atoms with van der Waals surface area (Å²) in [7, 11) is 1.75. The Labute approximate surface area is 213 Å². The molecule has 5 heterocycles. The third kappa shape index (κ3) is 5.28. The van der Waals surface area contributed by atoms with Gasteiger partial charge in [-0.1, -0.05) is 6.07 Å². The number of aromatic nitrogens is 3. The number of carbonyl (C=O) groups excluding carboxylic acids is 2. The van der Waals surface area contributed by atoms with Crippen LogP contribution in [0.15, 0.2) is 42.0 Å². The average molecular weight is 511 g/mol. The Morgan fingerprint density at radius 1 is 1.25 bits per heavy atom. The summed E-state index contributed by atoms with van der Waals surface area (Å²) in [6.45, 7) is 4.92. The SMILES string of the molecule is CO[C@H]1CCCN(c2cccc(-c3csc(NC(=O)CNC(=O)c4ccn(C5(C)COC5)c4)n3)n2)C1. The van der Waals surface area contributed by atoms with Crippen LogP contribution in [-0.4, -0.2) is 72.4 Å². The van der Waals surface area contributed by atoms with Crippen LogP contribution in [0, 0.1) is 0 Å². The summed E-state index contributed by atoms with van der Waals surface area (Å²) in [5.41, 5.74) is 1.82. The maximum atomic E-state index is 12.5. The fourth-order valence-electron chi connectivity index (χ4n) is 4.37. The van der Waals surface area contributed by atoms with Crippen molar-refractivity contribution in [3.63, 3.8) is 0 Å². The van der Waals surface area contributed by atoms with E-state index in [1.54, 1.807) is 19.4 Å². The lowest BCUT2D eigenvalue weighted by molar-refractivity contribution is -0.115. The summed E-state index contributed by atoms with van der Waals surface area (Å²) in [5.74, 6) is 0.244. The molecule has 2 aliphatic heterocycles. The number of nitrogens with zero attached hydrogens (tertiary/aromatic N) is 4. The van der Waals surface area contributed by atoms with Gasteiger partial charge in [0, 0.05) is 38.0 Å². The predicted molar refractivity (Wildman–Crippen MR) is 137 cm³/mol. The fraction of sp³-hybridized carbons (Fsp3) is 0.440. The second-order valence-corrected chi connectivity index (χ2v) is 10.3. The number of pyridine rings is 1. The first kappa shape index (κ1) is 24.4. The molecule has 36 heavy (non-hydrogen) atoms. The molecule has 3 aromatic heterocycles. The first-order valence-corrected chi connectivity index (χ1v) is 12.9. The number of anilines is 2. The van der Waals surface area contributed by atoms with Crippen LogP contribution in [0.2, 0.25) is 0 Å². The van der Waals surface area contributed by atoms with Crippen LogP contribution in [-0.2, 0) is 19.8 Å². The molecule has 0 radical (unpaired) electrons. The van der Waals surface area contributed by atoms with Gasteiger partial charge in [-0.3, -0.25) is 9.59 Å². The molecular weight excluding hydrogens is 480 g/mol. The number of thiazole rings is 1. The predicted octanol–water partition coefficient (Wildman–Crippen LogP) is 2.74. The van der Waals surface area contributed by atoms with E-state index in [2.05, 4.69) is 27.4 Å². The molecule has 190 valence electrons. The molecule has 0 spiro atoms. The molecule has 2 N–H and O–H groups in total. The third-order valence-electron chi connectivity index (χ3n) is 6.60. The third-order valence-corrected chi connectivity index (χ3v) is 7.35. The van der Waals surface area contributed by atoms with Gasteiger partial charge in [0.15, 0.2) is 5.13 Å². The summed E-state index contributed by atoms with van der Waals surface area (Å²) < 4.78 is 12.8. The van der Waals surface area contributed by atoms with Gasteiger partial charge in [0.1, 0.15) is 11.5 Å². The highest BCUT2D eigenvalue weighted by atomic mass is 32.1. The van der Waals surface area contributed by atoms with Crippen LogP contribution in [0.1, 0.15) is 30.1 Å². The van der Waals surface area contributed by atoms with Crippen molar-refractivity contribution >= 4 is 34.1 Å². The number of hydrogen-bond donors (Lipinski definition) is 2. The highest BCUT2D eigenvalue weighted by Gasteiger charge is 2.35. The van der Waals surface area contributed by atoms with Crippen molar-refractivity contribution in [3.8, 4) is 11.4 Å². The van der Waals surface area contributed by atoms with E-state index in [1.807, 2.05) is 34.3 Å². The van der Waals surface area contributed by atoms with Gasteiger partial charge in [-0.2, -0.15) is 0 Å². The fourth-order valence-corrected chi connectivity index (χ4v) is 5.09. The van der Waals surface area contributed by atoms with E-state index in [4.69, 9.17) is 14.5 Å². The minimum atomic E-state index is -0.344. The monoisotopic (exact) mass is 510 g/mol. The number of carbonyl (C=O) groups is 2. The van der Waals surface area contributed by atoms with Crippen molar-refractivity contribution in [2.75, 3.05) is 50.2 Å². The molecule has 0 saturated carbocycles. The van der Waals surface area contributed by atoms with Gasteiger partial charge in [0.25, 0.3) is 5.91 Å². The molecule has 2 amide bonds. The van der Waals surface area contributed by atoms with Crippen molar-refractivity contribution in [1.29, 1.82) is 0 Å². The highest BCUT2D eigenvalue weighted by Crippen LogP contribution is 2.27. The lowest BCUT2D eigenvalue weighted by Gasteiger charge is -2.39. The van der Waals surface area contributed by atoms with Crippen molar-refractivity contribution in [3.05, 3.63) is 47.6 Å². The van der Waals surface area contributed by atoms with Gasteiger partial charge in [-0.05, 0) is 38.0 Å². The van der Waals surface area contributed by atoms with Gasteiger partial charge >= 0.3 is 0 Å². The Hall–Kier alpha value is -3.28. The second kappa shape index (κ2) is 10.4. The Balaban J connectivity index is 1.15. The first-order chi connectivity index (χ1) is 17.4. The van der Waals surface area contributed by atoms with Gasteiger partial charge in [-0.15, -0.1) is 11.3 Å². The zero-order valence-corrected chi connectivity index (χ0v) is 21.2. The lowest BCUT2D eigenvalue weighted by Crippen LogP contribution is -2.48. The lowest BCUT2D eigenvalue weighted by atomic mass is 10.0. The van der Waals surface area contributed by atoms with Crippen LogP contribution in [0.5, 0.6) is 0 Å². The van der Waals surface area contributed by atoms with Crippen LogP contribution >= 0.6 is 11.3 Å². The molecule has 2 aliphatic rings. The van der Waals surface area contributed by atoms with E-state index in [0.717, 1.165) is 37.4 Å². The number of hydrogen-bond acceptors (Lipinski definition) is 8.